The maximum Gasteiger partial charge on any atom is 0.157 e. The molecule has 2 N–H and O–H groups in total. The summed E-state index contributed by atoms with van der Waals surface area (Å²) in [6.45, 7) is 4.36. The van der Waals surface area contributed by atoms with Gasteiger partial charge in [-0.15, -0.1) is 0 Å². The van der Waals surface area contributed by atoms with E-state index in [1.54, 1.807) is 10.7 Å². The molecule has 0 radical (unpaired) electrons. The molecule has 1 atom stereocenters. The zero-order chi connectivity index (χ0) is 10.8. The van der Waals surface area contributed by atoms with E-state index in [0.29, 0.717) is 11.7 Å². The van der Waals surface area contributed by atoms with Crippen LogP contribution >= 0.6 is 0 Å². The first-order valence-corrected chi connectivity index (χ1v) is 5.32. The molecule has 0 saturated carbocycles. The fourth-order valence-electron chi connectivity index (χ4n) is 1.79. The molecule has 2 heterocycles. The largest absolute Gasteiger partial charge is 0.384 e. The minimum absolute atomic E-state index is 0.456. The number of nitrogens with zero attached hydrogens (tertiary/aromatic N) is 3. The highest BCUT2D eigenvalue weighted by atomic mass is 15.3. The van der Waals surface area contributed by atoms with Crippen LogP contribution in [0, 0.1) is 0 Å². The molecule has 2 rings (SSSR count). The Kier molecular flexibility index (Phi) is 2.58. The van der Waals surface area contributed by atoms with E-state index in [-0.39, 0.29) is 0 Å². The van der Waals surface area contributed by atoms with Crippen molar-refractivity contribution in [3.05, 3.63) is 24.0 Å². The van der Waals surface area contributed by atoms with E-state index in [2.05, 4.69) is 23.9 Å². The number of hydrogen-bond acceptors (Lipinski definition) is 3. The number of hydrogen-bond donors (Lipinski definition) is 1. The van der Waals surface area contributed by atoms with Crippen molar-refractivity contribution in [2.45, 2.75) is 32.6 Å². The van der Waals surface area contributed by atoms with Crippen molar-refractivity contribution in [3.63, 3.8) is 0 Å². The van der Waals surface area contributed by atoms with Crippen molar-refractivity contribution >= 4 is 11.5 Å². The van der Waals surface area contributed by atoms with E-state index < -0.39 is 0 Å². The van der Waals surface area contributed by atoms with Crippen LogP contribution in [-0.4, -0.2) is 14.6 Å². The summed E-state index contributed by atoms with van der Waals surface area (Å²) in [6, 6.07) is 3.79. The van der Waals surface area contributed by atoms with Crippen LogP contribution in [0.15, 0.2) is 18.3 Å². The first-order chi connectivity index (χ1) is 7.22. The van der Waals surface area contributed by atoms with Crippen LogP contribution in [-0.2, 0) is 0 Å². The van der Waals surface area contributed by atoms with E-state index in [9.17, 15) is 0 Å². The van der Waals surface area contributed by atoms with Gasteiger partial charge in [0.2, 0.25) is 0 Å². The Morgan fingerprint density at radius 1 is 1.53 bits per heavy atom. The van der Waals surface area contributed by atoms with Crippen LogP contribution in [0.3, 0.4) is 0 Å². The van der Waals surface area contributed by atoms with Gasteiger partial charge >= 0.3 is 0 Å². The van der Waals surface area contributed by atoms with Gasteiger partial charge in [-0.2, -0.15) is 9.61 Å². The molecule has 15 heavy (non-hydrogen) atoms. The highest BCUT2D eigenvalue weighted by Crippen LogP contribution is 2.21. The highest BCUT2D eigenvalue weighted by molar-refractivity contribution is 5.46. The molecule has 0 fully saturated rings. The van der Waals surface area contributed by atoms with Gasteiger partial charge in [-0.1, -0.05) is 20.3 Å². The number of nitrogens with two attached hydrogens (primary N) is 1. The molecular weight excluding hydrogens is 188 g/mol. The van der Waals surface area contributed by atoms with Crippen LogP contribution < -0.4 is 5.73 Å². The van der Waals surface area contributed by atoms with Crippen LogP contribution in [0.4, 0.5) is 5.82 Å². The normalized spacial score (nSPS) is 13.2. The van der Waals surface area contributed by atoms with Crippen LogP contribution in [0.2, 0.25) is 0 Å². The average molecular weight is 204 g/mol. The zero-order valence-corrected chi connectivity index (χ0v) is 9.14. The predicted octanol–water partition coefficient (Wildman–Crippen LogP) is 2.22. The second-order valence-corrected chi connectivity index (χ2v) is 3.90. The Bertz CT molecular complexity index is 461. The molecule has 2 aromatic heterocycles. The van der Waals surface area contributed by atoms with Gasteiger partial charge in [0.1, 0.15) is 5.82 Å². The van der Waals surface area contributed by atoms with Crippen LogP contribution in [0.25, 0.3) is 5.65 Å². The van der Waals surface area contributed by atoms with E-state index >= 15 is 0 Å². The molecule has 4 nitrogen and oxygen atoms in total. The molecule has 0 bridgehead atoms. The summed E-state index contributed by atoms with van der Waals surface area (Å²) in [5.41, 5.74) is 7.78. The summed E-state index contributed by atoms with van der Waals surface area (Å²) in [6.07, 6.45) is 4.01. The smallest absolute Gasteiger partial charge is 0.157 e. The number of aromatic nitrogens is 3. The molecule has 0 aliphatic carbocycles. The van der Waals surface area contributed by atoms with Crippen LogP contribution in [0.5, 0.6) is 0 Å². The fourth-order valence-corrected chi connectivity index (χ4v) is 1.79. The molecule has 0 saturated heterocycles. The van der Waals surface area contributed by atoms with Crippen molar-refractivity contribution in [3.8, 4) is 0 Å². The zero-order valence-electron chi connectivity index (χ0n) is 9.14. The van der Waals surface area contributed by atoms with E-state index in [1.165, 1.54) is 0 Å². The summed E-state index contributed by atoms with van der Waals surface area (Å²) >= 11 is 0. The van der Waals surface area contributed by atoms with Crippen molar-refractivity contribution < 1.29 is 0 Å². The van der Waals surface area contributed by atoms with Gasteiger partial charge in [-0.3, -0.25) is 0 Å². The molecule has 4 heteroatoms. The lowest BCUT2D eigenvalue weighted by Crippen LogP contribution is -2.05. The van der Waals surface area contributed by atoms with Crippen molar-refractivity contribution in [2.75, 3.05) is 5.73 Å². The highest BCUT2D eigenvalue weighted by Gasteiger charge is 2.09. The number of fused-ring (bicyclic) bond motifs is 1. The summed E-state index contributed by atoms with van der Waals surface area (Å²) < 4.78 is 1.65. The predicted molar refractivity (Wildman–Crippen MR) is 60.7 cm³/mol. The van der Waals surface area contributed by atoms with Crippen molar-refractivity contribution in [1.29, 1.82) is 0 Å². The summed E-state index contributed by atoms with van der Waals surface area (Å²) in [4.78, 5) is 4.54. The summed E-state index contributed by atoms with van der Waals surface area (Å²) in [7, 11) is 0. The van der Waals surface area contributed by atoms with E-state index in [4.69, 9.17) is 5.73 Å². The van der Waals surface area contributed by atoms with Gasteiger partial charge in [-0.25, -0.2) is 4.98 Å². The molecule has 2 aromatic rings. The number of nitrogen functional groups attached to an aromatic ring is 1. The Morgan fingerprint density at radius 2 is 2.33 bits per heavy atom. The molecule has 0 aliphatic heterocycles. The van der Waals surface area contributed by atoms with E-state index in [0.717, 1.165) is 24.2 Å². The van der Waals surface area contributed by atoms with Gasteiger partial charge in [0.25, 0.3) is 0 Å². The lowest BCUT2D eigenvalue weighted by atomic mass is 10.0. The first kappa shape index (κ1) is 9.96. The second-order valence-electron chi connectivity index (χ2n) is 3.90. The lowest BCUT2D eigenvalue weighted by Gasteiger charge is -2.10. The molecule has 0 amide bonds. The first-order valence-electron chi connectivity index (χ1n) is 5.32. The van der Waals surface area contributed by atoms with Gasteiger partial charge in [0.15, 0.2) is 5.65 Å². The van der Waals surface area contributed by atoms with Crippen LogP contribution in [0.1, 0.15) is 38.3 Å². The topological polar surface area (TPSA) is 56.2 Å². The average Bonchev–Trinajstić information content (AvgIpc) is 2.66. The second kappa shape index (κ2) is 3.88. The summed E-state index contributed by atoms with van der Waals surface area (Å²) in [5, 5.41) is 4.09. The Hall–Kier alpha value is -1.58. The van der Waals surface area contributed by atoms with Gasteiger partial charge < -0.3 is 5.73 Å². The molecule has 1 unspecified atom stereocenters. The van der Waals surface area contributed by atoms with Gasteiger partial charge in [0, 0.05) is 17.8 Å². The monoisotopic (exact) mass is 204 g/mol. The summed E-state index contributed by atoms with van der Waals surface area (Å²) in [5.74, 6) is 1.11. The number of rotatable bonds is 3. The third-order valence-electron chi connectivity index (χ3n) is 2.63. The molecule has 0 aromatic carbocycles. The molecule has 0 aliphatic rings. The van der Waals surface area contributed by atoms with Crippen molar-refractivity contribution in [2.24, 2.45) is 0 Å². The minimum Gasteiger partial charge on any atom is -0.384 e. The minimum atomic E-state index is 0.456. The molecule has 80 valence electrons. The number of anilines is 1. The SMILES string of the molecule is CCCC(C)c1cc(N)n2nccc2n1. The van der Waals surface area contributed by atoms with Gasteiger partial charge in [-0.05, 0) is 12.3 Å². The fraction of sp³-hybridized carbons (Fsp3) is 0.455. The maximum atomic E-state index is 5.90. The Balaban J connectivity index is 2.44. The third-order valence-corrected chi connectivity index (χ3v) is 2.63. The molecule has 0 spiro atoms. The Labute approximate surface area is 89.1 Å². The lowest BCUT2D eigenvalue weighted by molar-refractivity contribution is 0.647. The van der Waals surface area contributed by atoms with E-state index in [1.807, 2.05) is 12.1 Å². The maximum absolute atomic E-state index is 5.90. The third kappa shape index (κ3) is 1.79. The van der Waals surface area contributed by atoms with Crippen molar-refractivity contribution in [1.82, 2.24) is 14.6 Å². The Morgan fingerprint density at radius 3 is 3.07 bits per heavy atom. The van der Waals surface area contributed by atoms with Gasteiger partial charge in [0.05, 0.1) is 6.20 Å². The standard InChI is InChI=1S/C11H16N4/c1-3-4-8(2)9-7-10(12)15-11(14-9)5-6-13-15/h5-8H,3-4,12H2,1-2H3. The quantitative estimate of drug-likeness (QED) is 0.834. The molecular formula is C11H16N4.